The summed E-state index contributed by atoms with van der Waals surface area (Å²) in [5.41, 5.74) is -6.91. The molecule has 4 rings (SSSR count). The van der Waals surface area contributed by atoms with Crippen molar-refractivity contribution in [3.05, 3.63) is 125 Å². The van der Waals surface area contributed by atoms with E-state index in [1.54, 1.807) is 0 Å². The summed E-state index contributed by atoms with van der Waals surface area (Å²) in [6, 6.07) is 6.26. The smallest absolute Gasteiger partial charge is 0.430 e. The van der Waals surface area contributed by atoms with Crippen molar-refractivity contribution < 1.29 is 87.9 Å². The first-order valence-electron chi connectivity index (χ1n) is 14.5. The van der Waals surface area contributed by atoms with Crippen LogP contribution in [0, 0.1) is 42.6 Å². The van der Waals surface area contributed by atoms with E-state index in [2.05, 4.69) is 19.4 Å². The molecule has 0 bridgehead atoms. The number of carbonyl (C=O) groups is 2. The standard InChI is InChI=1S/2C15H8F4N3O5.BFO2/c2*1-26-14(23)9-6-8(2-3-12(9)22(24)25)27-13-10(16)4-7(15(17,18)19)5-11(13)21-20;2-1(3)4/h2*2-6H,1H3;/q2*+1;-2. The number of nitrogens with zero attached hydrogens (tertiary/aromatic N) is 6. The molecule has 0 heterocycles. The van der Waals surface area contributed by atoms with Crippen LogP contribution in [0.1, 0.15) is 31.8 Å². The zero-order chi connectivity index (χ0) is 44.3. The number of methoxy groups -OCH3 is 2. The lowest BCUT2D eigenvalue weighted by atomic mass is 10.1. The zero-order valence-electron chi connectivity index (χ0n) is 28.3. The normalized spacial score (nSPS) is 10.5. The molecule has 304 valence electrons. The Kier molecular flexibility index (Phi) is 15.5. The minimum absolute atomic E-state index is 0.122. The molecule has 0 aliphatic heterocycles. The molecule has 4 aromatic carbocycles. The fourth-order valence-corrected chi connectivity index (χ4v) is 4.09. The Labute approximate surface area is 315 Å². The van der Waals surface area contributed by atoms with E-state index in [4.69, 9.17) is 30.3 Å². The molecule has 0 N–H and O–H groups in total. The lowest BCUT2D eigenvalue weighted by Gasteiger charge is -2.09. The Balaban J connectivity index is 0.000000366. The van der Waals surface area contributed by atoms with Gasteiger partial charge in [0, 0.05) is 24.3 Å². The Bertz CT molecular complexity index is 2160. The van der Waals surface area contributed by atoms with Gasteiger partial charge < -0.3 is 33.3 Å². The monoisotopic (exact) mass is 834 g/mol. The molecule has 0 aliphatic carbocycles. The number of rotatable bonds is 8. The maximum atomic E-state index is 14.1. The average Bonchev–Trinajstić information content (AvgIpc) is 3.14. The number of alkyl halides is 6. The molecule has 0 unspecified atom stereocenters. The van der Waals surface area contributed by atoms with Gasteiger partial charge in [0.1, 0.15) is 30.0 Å². The number of ether oxygens (including phenoxy) is 4. The first-order chi connectivity index (χ1) is 26.9. The number of hydrogen-bond donors (Lipinski definition) is 0. The van der Waals surface area contributed by atoms with E-state index >= 15 is 0 Å². The molecule has 0 amide bonds. The van der Waals surface area contributed by atoms with Gasteiger partial charge >= 0.3 is 35.7 Å². The number of nitro benzene ring substituents is 2. The van der Waals surface area contributed by atoms with Gasteiger partial charge in [-0.25, -0.2) is 18.4 Å². The number of halogens is 9. The lowest BCUT2D eigenvalue weighted by molar-refractivity contribution is -0.385. The van der Waals surface area contributed by atoms with Crippen LogP contribution in [0.4, 0.5) is 62.2 Å². The molecule has 0 aromatic heterocycles. The van der Waals surface area contributed by atoms with Gasteiger partial charge in [-0.2, -0.15) is 26.3 Å². The topological polar surface area (TPSA) is 260 Å². The van der Waals surface area contributed by atoms with E-state index in [9.17, 15) is 69.3 Å². The van der Waals surface area contributed by atoms with E-state index in [1.807, 2.05) is 0 Å². The Morgan fingerprint density at radius 2 is 0.966 bits per heavy atom. The van der Waals surface area contributed by atoms with Crippen LogP contribution in [0.2, 0.25) is 0 Å². The van der Waals surface area contributed by atoms with Crippen LogP contribution in [-0.2, 0) is 21.8 Å². The van der Waals surface area contributed by atoms with Crippen molar-refractivity contribution in [2.75, 3.05) is 14.2 Å². The van der Waals surface area contributed by atoms with Crippen LogP contribution in [0.5, 0.6) is 23.0 Å². The summed E-state index contributed by atoms with van der Waals surface area (Å²) < 4.78 is 133. The Morgan fingerprint density at radius 1 is 0.655 bits per heavy atom. The Morgan fingerprint density at radius 3 is 1.21 bits per heavy atom. The zero-order valence-corrected chi connectivity index (χ0v) is 28.3. The van der Waals surface area contributed by atoms with Crippen LogP contribution in [-0.4, -0.2) is 43.4 Å². The second-order valence-corrected chi connectivity index (χ2v) is 10.1. The summed E-state index contributed by atoms with van der Waals surface area (Å²) in [7, 11) is -1.23. The fourth-order valence-electron chi connectivity index (χ4n) is 4.09. The summed E-state index contributed by atoms with van der Waals surface area (Å²) >= 11 is 0. The minimum Gasteiger partial charge on any atom is -0.867 e. The molecular formula is C30H16BF9N6O12. The molecule has 58 heavy (non-hydrogen) atoms. The second-order valence-electron chi connectivity index (χ2n) is 10.1. The maximum Gasteiger partial charge on any atom is 0.430 e. The quantitative estimate of drug-likeness (QED) is 0.0421. The number of diazo groups is 2. The van der Waals surface area contributed by atoms with E-state index < -0.39 is 110 Å². The van der Waals surface area contributed by atoms with E-state index in [-0.39, 0.29) is 23.6 Å². The summed E-state index contributed by atoms with van der Waals surface area (Å²) in [5, 5.41) is 56.2. The number of esters is 2. The van der Waals surface area contributed by atoms with Gasteiger partial charge in [0.2, 0.25) is 10.8 Å². The van der Waals surface area contributed by atoms with Crippen molar-refractivity contribution in [3.8, 4) is 23.0 Å². The molecule has 0 spiro atoms. The maximum absolute atomic E-state index is 14.1. The SMILES string of the molecule is COC(=O)c1cc(Oc2c(F)cc(C(F)(F)F)cc2[N+]#N)ccc1[N+](=O)[O-].COC(=O)c1cc(Oc2c(F)cc(C(F)(F)F)cc2[N+]#N)ccc1[N+](=O)[O-].[O-]B([O-])F. The molecule has 4 aromatic rings. The molecule has 0 radical (unpaired) electrons. The summed E-state index contributed by atoms with van der Waals surface area (Å²) in [5.74, 6) is -7.63. The van der Waals surface area contributed by atoms with Gasteiger partial charge in [-0.15, -0.1) is 0 Å². The van der Waals surface area contributed by atoms with E-state index in [0.717, 1.165) is 50.6 Å². The van der Waals surface area contributed by atoms with Crippen molar-refractivity contribution in [3.63, 3.8) is 0 Å². The predicted octanol–water partition coefficient (Wildman–Crippen LogP) is 7.29. The molecule has 28 heteroatoms. The highest BCUT2D eigenvalue weighted by Crippen LogP contribution is 2.42. The van der Waals surface area contributed by atoms with Crippen molar-refractivity contribution in [2.24, 2.45) is 0 Å². The molecule has 0 saturated carbocycles. The van der Waals surface area contributed by atoms with Crippen LogP contribution < -0.4 is 19.5 Å². The third-order valence-electron chi connectivity index (χ3n) is 6.50. The molecule has 0 fully saturated rings. The minimum atomic E-state index is -4.90. The van der Waals surface area contributed by atoms with Crippen molar-refractivity contribution >= 4 is 42.1 Å². The number of hydrogen-bond acceptors (Lipinski definition) is 14. The first kappa shape index (κ1) is 46.6. The summed E-state index contributed by atoms with van der Waals surface area (Å²) in [4.78, 5) is 48.5. The van der Waals surface area contributed by atoms with Crippen LogP contribution in [0.25, 0.3) is 9.95 Å². The number of carbonyl (C=O) groups excluding carboxylic acids is 2. The van der Waals surface area contributed by atoms with Gasteiger partial charge in [0.05, 0.1) is 47.3 Å². The lowest BCUT2D eigenvalue weighted by Crippen LogP contribution is -2.39. The van der Waals surface area contributed by atoms with Crippen molar-refractivity contribution in [1.82, 2.24) is 0 Å². The highest BCUT2D eigenvalue weighted by molar-refractivity contribution is 6.27. The van der Waals surface area contributed by atoms with Crippen molar-refractivity contribution in [1.29, 1.82) is 10.8 Å². The van der Waals surface area contributed by atoms with Crippen molar-refractivity contribution in [2.45, 2.75) is 12.4 Å². The summed E-state index contributed by atoms with van der Waals surface area (Å²) in [6.07, 6.45) is -9.80. The predicted molar refractivity (Wildman–Crippen MR) is 168 cm³/mol. The van der Waals surface area contributed by atoms with Gasteiger partial charge in [-0.1, -0.05) is 0 Å². The largest absolute Gasteiger partial charge is 0.867 e. The number of nitro groups is 2. The highest BCUT2D eigenvalue weighted by atomic mass is 19.4. The van der Waals surface area contributed by atoms with Crippen LogP contribution in [0.15, 0.2) is 60.7 Å². The van der Waals surface area contributed by atoms with Crippen LogP contribution in [0.3, 0.4) is 0 Å². The molecule has 0 saturated heterocycles. The van der Waals surface area contributed by atoms with Gasteiger partial charge in [-0.3, -0.25) is 20.2 Å². The molecule has 18 nitrogen and oxygen atoms in total. The highest BCUT2D eigenvalue weighted by Gasteiger charge is 2.38. The molecule has 0 atom stereocenters. The average molecular weight is 834 g/mol. The fraction of sp³-hybridized carbons (Fsp3) is 0.133. The third-order valence-corrected chi connectivity index (χ3v) is 6.50. The first-order valence-corrected chi connectivity index (χ1v) is 14.5. The molecule has 0 aliphatic rings. The Hall–Kier alpha value is -7.59. The van der Waals surface area contributed by atoms with Gasteiger partial charge in [0.25, 0.3) is 22.9 Å². The third kappa shape index (κ3) is 12.2. The van der Waals surface area contributed by atoms with Crippen LogP contribution >= 0.6 is 0 Å². The second kappa shape index (κ2) is 19.3. The van der Waals surface area contributed by atoms with Gasteiger partial charge in [-0.05, 0) is 24.3 Å². The molecular weight excluding hydrogens is 818 g/mol. The summed E-state index contributed by atoms with van der Waals surface area (Å²) in [6.45, 7) is 0. The van der Waals surface area contributed by atoms with Gasteiger partial charge in [0.15, 0.2) is 21.6 Å². The van der Waals surface area contributed by atoms with E-state index in [1.165, 1.54) is 0 Å². The number of benzene rings is 4. The van der Waals surface area contributed by atoms with E-state index in [0.29, 0.717) is 12.1 Å².